The van der Waals surface area contributed by atoms with Gasteiger partial charge in [0.25, 0.3) is 0 Å². The lowest BCUT2D eigenvalue weighted by molar-refractivity contribution is 0.0279. The molecule has 1 atom stereocenters. The van der Waals surface area contributed by atoms with Crippen LogP contribution in [0.25, 0.3) is 4.85 Å². The number of aromatic nitrogens is 2. The summed E-state index contributed by atoms with van der Waals surface area (Å²) in [4.78, 5) is 31.9. The number of hydrogen-bond donors (Lipinski definition) is 0. The summed E-state index contributed by atoms with van der Waals surface area (Å²) in [6.07, 6.45) is 2.53. The third-order valence-electron chi connectivity index (χ3n) is 8.33. The van der Waals surface area contributed by atoms with Crippen molar-refractivity contribution in [3.8, 4) is 5.75 Å². The van der Waals surface area contributed by atoms with Crippen LogP contribution in [0.5, 0.6) is 5.75 Å². The predicted octanol–water partition coefficient (Wildman–Crippen LogP) is 6.72. The Labute approximate surface area is 265 Å². The number of benzene rings is 2. The van der Waals surface area contributed by atoms with Gasteiger partial charge < -0.3 is 19.3 Å². The fraction of sp³-hybridized carbons (Fsp3) is 0.471. The molecule has 1 amide bonds. The van der Waals surface area contributed by atoms with E-state index >= 15 is 0 Å². The van der Waals surface area contributed by atoms with Crippen molar-refractivity contribution >= 4 is 29.3 Å². The highest BCUT2D eigenvalue weighted by molar-refractivity contribution is 6.31. The number of carbonyl (C=O) groups is 1. The quantitative estimate of drug-likeness (QED) is 0.273. The topological polar surface area (TPSA) is 75.4 Å². The SMILES string of the molecule is [C-]#[N+]c1cc(Cl)cc(C(C)(C)c2ccc(OCc3ccnc(N4CCN(C5CCN(C(=O)OC(C)(C)C)C5)CC4)n3)cc2)c1. The van der Waals surface area contributed by atoms with Crippen molar-refractivity contribution in [1.82, 2.24) is 19.8 Å². The molecule has 0 radical (unpaired) electrons. The van der Waals surface area contributed by atoms with Gasteiger partial charge in [-0.2, -0.15) is 0 Å². The van der Waals surface area contributed by atoms with E-state index in [4.69, 9.17) is 32.6 Å². The number of halogens is 1. The van der Waals surface area contributed by atoms with Crippen LogP contribution in [0.1, 0.15) is 57.9 Å². The summed E-state index contributed by atoms with van der Waals surface area (Å²) in [6.45, 7) is 22.5. The first kappa shape index (κ1) is 31.6. The molecule has 0 N–H and O–H groups in total. The van der Waals surface area contributed by atoms with Crippen LogP contribution in [-0.4, -0.2) is 76.8 Å². The van der Waals surface area contributed by atoms with E-state index in [2.05, 4.69) is 45.6 Å². The molecule has 0 spiro atoms. The Morgan fingerprint density at radius 2 is 1.73 bits per heavy atom. The van der Waals surface area contributed by atoms with E-state index in [9.17, 15) is 4.79 Å². The van der Waals surface area contributed by atoms with Gasteiger partial charge in [0, 0.05) is 61.9 Å². The minimum Gasteiger partial charge on any atom is -0.487 e. The standard InChI is InChI=1S/C34H41ClN6O3/c1-33(2,3)44-32(42)41-14-12-29(22-41)39-15-17-40(18-16-39)31-37-13-11-27(38-31)23-43-30-9-7-24(8-10-30)34(4,5)25-19-26(35)21-28(20-25)36-6/h7-11,13,19-21,29H,12,14-18,22-23H2,1-5H3. The second-order valence-electron chi connectivity index (χ2n) is 13.0. The highest BCUT2D eigenvalue weighted by atomic mass is 35.5. The summed E-state index contributed by atoms with van der Waals surface area (Å²) in [7, 11) is 0. The van der Waals surface area contributed by atoms with Crippen LogP contribution < -0.4 is 9.64 Å². The van der Waals surface area contributed by atoms with E-state index in [1.54, 1.807) is 12.3 Å². The largest absolute Gasteiger partial charge is 0.487 e. The van der Waals surface area contributed by atoms with Gasteiger partial charge in [-0.1, -0.05) is 43.6 Å². The van der Waals surface area contributed by atoms with Crippen molar-refractivity contribution in [1.29, 1.82) is 0 Å². The van der Waals surface area contributed by atoms with E-state index in [0.717, 1.165) is 61.7 Å². The second kappa shape index (κ2) is 13.0. The van der Waals surface area contributed by atoms with Crippen LogP contribution in [-0.2, 0) is 16.8 Å². The fourth-order valence-corrected chi connectivity index (χ4v) is 5.96. The number of carbonyl (C=O) groups excluding carboxylic acids is 1. The summed E-state index contributed by atoms with van der Waals surface area (Å²) in [6, 6.07) is 15.8. The van der Waals surface area contributed by atoms with E-state index in [1.807, 2.05) is 56.0 Å². The van der Waals surface area contributed by atoms with E-state index in [1.165, 1.54) is 0 Å². The first-order chi connectivity index (χ1) is 20.9. The van der Waals surface area contributed by atoms with Gasteiger partial charge in [0.1, 0.15) is 18.0 Å². The van der Waals surface area contributed by atoms with Gasteiger partial charge in [-0.3, -0.25) is 4.90 Å². The Balaban J connectivity index is 1.13. The number of rotatable bonds is 7. The lowest BCUT2D eigenvalue weighted by Gasteiger charge is -2.38. The third kappa shape index (κ3) is 7.61. The summed E-state index contributed by atoms with van der Waals surface area (Å²) in [5, 5.41) is 0.563. The van der Waals surface area contributed by atoms with Crippen LogP contribution in [0.4, 0.5) is 16.4 Å². The van der Waals surface area contributed by atoms with Crippen LogP contribution in [0.2, 0.25) is 5.02 Å². The summed E-state index contributed by atoms with van der Waals surface area (Å²) in [5.41, 5.74) is 2.63. The van der Waals surface area contributed by atoms with Crippen molar-refractivity contribution in [2.75, 3.05) is 44.2 Å². The Bertz CT molecular complexity index is 1510. The van der Waals surface area contributed by atoms with E-state index in [-0.39, 0.29) is 11.5 Å². The molecule has 0 aliphatic carbocycles. The highest BCUT2D eigenvalue weighted by Crippen LogP contribution is 2.36. The zero-order valence-electron chi connectivity index (χ0n) is 26.2. The number of likely N-dealkylation sites (tertiary alicyclic amines) is 1. The molecule has 5 rings (SSSR count). The monoisotopic (exact) mass is 616 g/mol. The van der Waals surface area contributed by atoms with Crippen molar-refractivity contribution in [3.05, 3.63) is 88.0 Å². The van der Waals surface area contributed by atoms with Crippen molar-refractivity contribution in [3.63, 3.8) is 0 Å². The lowest BCUT2D eigenvalue weighted by Crippen LogP contribution is -2.51. The van der Waals surface area contributed by atoms with Gasteiger partial charge >= 0.3 is 6.09 Å². The van der Waals surface area contributed by atoms with Gasteiger partial charge in [-0.15, -0.1) is 0 Å². The summed E-state index contributed by atoms with van der Waals surface area (Å²) >= 11 is 6.28. The minimum absolute atomic E-state index is 0.223. The Morgan fingerprint density at radius 1 is 1.00 bits per heavy atom. The summed E-state index contributed by atoms with van der Waals surface area (Å²) < 4.78 is 11.6. The maximum Gasteiger partial charge on any atom is 0.410 e. The zero-order chi connectivity index (χ0) is 31.5. The molecule has 10 heteroatoms. The Hall–Kier alpha value is -3.87. The molecule has 3 heterocycles. The van der Waals surface area contributed by atoms with Crippen molar-refractivity contribution < 1.29 is 14.3 Å². The maximum absolute atomic E-state index is 12.5. The van der Waals surface area contributed by atoms with Gasteiger partial charge in [0.2, 0.25) is 5.95 Å². The average molecular weight is 617 g/mol. The normalized spacial score (nSPS) is 17.8. The molecule has 2 aliphatic rings. The van der Waals surface area contributed by atoms with Gasteiger partial charge in [-0.25, -0.2) is 19.6 Å². The average Bonchev–Trinajstić information content (AvgIpc) is 3.50. The fourth-order valence-electron chi connectivity index (χ4n) is 5.73. The number of amides is 1. The number of hydrogen-bond acceptors (Lipinski definition) is 7. The lowest BCUT2D eigenvalue weighted by atomic mass is 9.78. The highest BCUT2D eigenvalue weighted by Gasteiger charge is 2.34. The third-order valence-corrected chi connectivity index (χ3v) is 8.54. The van der Waals surface area contributed by atoms with Gasteiger partial charge in [0.15, 0.2) is 5.69 Å². The molecule has 232 valence electrons. The van der Waals surface area contributed by atoms with Crippen LogP contribution in [0.3, 0.4) is 0 Å². The smallest absolute Gasteiger partial charge is 0.410 e. The maximum atomic E-state index is 12.5. The number of piperazine rings is 1. The van der Waals surface area contributed by atoms with Crippen LogP contribution in [0, 0.1) is 6.57 Å². The molecular formula is C34H41ClN6O3. The van der Waals surface area contributed by atoms with E-state index in [0.29, 0.717) is 35.9 Å². The first-order valence-corrected chi connectivity index (χ1v) is 15.5. The Kier molecular flexibility index (Phi) is 9.33. The van der Waals surface area contributed by atoms with Gasteiger partial charge in [0.05, 0.1) is 12.3 Å². The number of anilines is 1. The molecule has 9 nitrogen and oxygen atoms in total. The molecule has 3 aromatic rings. The molecular weight excluding hydrogens is 576 g/mol. The molecule has 1 aromatic heterocycles. The predicted molar refractivity (Wildman–Crippen MR) is 173 cm³/mol. The molecule has 2 aliphatic heterocycles. The van der Waals surface area contributed by atoms with Crippen LogP contribution in [0.15, 0.2) is 54.7 Å². The second-order valence-corrected chi connectivity index (χ2v) is 13.4. The molecule has 44 heavy (non-hydrogen) atoms. The molecule has 2 saturated heterocycles. The number of nitrogens with zero attached hydrogens (tertiary/aromatic N) is 6. The molecule has 0 bridgehead atoms. The number of ether oxygens (including phenoxy) is 2. The minimum atomic E-state index is -0.480. The van der Waals surface area contributed by atoms with Gasteiger partial charge in [-0.05, 0) is 68.7 Å². The Morgan fingerprint density at radius 3 is 2.41 bits per heavy atom. The summed E-state index contributed by atoms with van der Waals surface area (Å²) in [5.74, 6) is 1.47. The molecule has 2 aromatic carbocycles. The first-order valence-electron chi connectivity index (χ1n) is 15.1. The van der Waals surface area contributed by atoms with E-state index < -0.39 is 5.60 Å². The van der Waals surface area contributed by atoms with Crippen molar-refractivity contribution in [2.24, 2.45) is 0 Å². The molecule has 1 unspecified atom stereocenters. The molecule has 2 fully saturated rings. The molecule has 0 saturated carbocycles. The van der Waals surface area contributed by atoms with Crippen LogP contribution >= 0.6 is 11.6 Å². The zero-order valence-corrected chi connectivity index (χ0v) is 27.0. The van der Waals surface area contributed by atoms with Crippen molar-refractivity contribution in [2.45, 2.75) is 64.7 Å².